The Morgan fingerprint density at radius 3 is 2.70 bits per heavy atom. The van der Waals surface area contributed by atoms with Crippen molar-refractivity contribution in [2.24, 2.45) is 0 Å². The van der Waals surface area contributed by atoms with Crippen LogP contribution in [0.2, 0.25) is 0 Å². The second-order valence-electron chi connectivity index (χ2n) is 6.49. The molecule has 142 valence electrons. The minimum atomic E-state index is -0.831. The molecule has 2 amide bonds. The summed E-state index contributed by atoms with van der Waals surface area (Å²) in [7, 11) is 1.56. The van der Waals surface area contributed by atoms with Gasteiger partial charge in [0.2, 0.25) is 0 Å². The Labute approximate surface area is 158 Å². The van der Waals surface area contributed by atoms with Crippen molar-refractivity contribution in [2.75, 3.05) is 25.5 Å². The molecule has 1 aliphatic heterocycles. The smallest absolute Gasteiger partial charge is 0.256 e. The van der Waals surface area contributed by atoms with Gasteiger partial charge in [-0.1, -0.05) is 12.1 Å². The number of hydrogen-bond acceptors (Lipinski definition) is 5. The van der Waals surface area contributed by atoms with E-state index in [1.165, 1.54) is 0 Å². The van der Waals surface area contributed by atoms with E-state index >= 15 is 0 Å². The van der Waals surface area contributed by atoms with E-state index in [0.717, 1.165) is 18.8 Å². The first-order valence-corrected chi connectivity index (χ1v) is 8.98. The van der Waals surface area contributed by atoms with Crippen LogP contribution in [0, 0.1) is 0 Å². The normalized spacial score (nSPS) is 15.7. The molecule has 3 N–H and O–H groups in total. The van der Waals surface area contributed by atoms with Gasteiger partial charge in [0.05, 0.1) is 12.2 Å². The Morgan fingerprint density at radius 2 is 2.00 bits per heavy atom. The van der Waals surface area contributed by atoms with Crippen molar-refractivity contribution in [3.05, 3.63) is 59.9 Å². The maximum Gasteiger partial charge on any atom is 0.256 e. The first-order valence-electron chi connectivity index (χ1n) is 8.98. The van der Waals surface area contributed by atoms with Gasteiger partial charge >= 0.3 is 0 Å². The van der Waals surface area contributed by atoms with Gasteiger partial charge in [0.1, 0.15) is 5.60 Å². The van der Waals surface area contributed by atoms with Crippen molar-refractivity contribution in [3.63, 3.8) is 0 Å². The summed E-state index contributed by atoms with van der Waals surface area (Å²) in [5, 5.41) is 8.95. The van der Waals surface area contributed by atoms with Gasteiger partial charge in [-0.25, -0.2) is 0 Å². The molecule has 1 aromatic carbocycles. The van der Waals surface area contributed by atoms with Crippen molar-refractivity contribution in [3.8, 4) is 0 Å². The summed E-state index contributed by atoms with van der Waals surface area (Å²) in [4.78, 5) is 29.3. The highest BCUT2D eigenvalue weighted by atomic mass is 16.5. The number of piperidine rings is 1. The molecule has 0 radical (unpaired) electrons. The van der Waals surface area contributed by atoms with Gasteiger partial charge in [-0.05, 0) is 56.3 Å². The molecule has 1 aromatic heterocycles. The van der Waals surface area contributed by atoms with Gasteiger partial charge in [-0.3, -0.25) is 14.6 Å². The van der Waals surface area contributed by atoms with Gasteiger partial charge in [0.15, 0.2) is 0 Å². The number of carbonyl (C=O) groups is 2. The van der Waals surface area contributed by atoms with E-state index < -0.39 is 5.60 Å². The van der Waals surface area contributed by atoms with Crippen molar-refractivity contribution in [1.29, 1.82) is 0 Å². The lowest BCUT2D eigenvalue weighted by atomic mass is 9.91. The third kappa shape index (κ3) is 4.69. The molecule has 2 heterocycles. The third-order valence-electron chi connectivity index (χ3n) is 4.75. The van der Waals surface area contributed by atoms with Crippen LogP contribution in [-0.2, 0) is 16.1 Å². The number of pyridine rings is 1. The molecule has 7 nitrogen and oxygen atoms in total. The van der Waals surface area contributed by atoms with E-state index in [0.29, 0.717) is 30.6 Å². The Bertz CT molecular complexity index is 789. The first-order chi connectivity index (χ1) is 13.1. The van der Waals surface area contributed by atoms with Crippen LogP contribution < -0.4 is 16.0 Å². The van der Waals surface area contributed by atoms with Crippen LogP contribution in [0.3, 0.4) is 0 Å². The summed E-state index contributed by atoms with van der Waals surface area (Å²) in [5.41, 5.74) is 0.992. The maximum absolute atomic E-state index is 12.7. The number of amides is 2. The van der Waals surface area contributed by atoms with E-state index in [4.69, 9.17) is 4.74 Å². The quantitative estimate of drug-likeness (QED) is 0.722. The number of carbonyl (C=O) groups excluding carboxylic acids is 2. The van der Waals surface area contributed by atoms with E-state index in [2.05, 4.69) is 20.9 Å². The zero-order chi connectivity index (χ0) is 19.1. The molecule has 1 fully saturated rings. The summed E-state index contributed by atoms with van der Waals surface area (Å²) in [6.45, 7) is 1.81. The van der Waals surface area contributed by atoms with Crippen molar-refractivity contribution in [1.82, 2.24) is 15.6 Å². The molecule has 0 saturated carbocycles. The van der Waals surface area contributed by atoms with E-state index in [1.54, 1.807) is 37.6 Å². The monoisotopic (exact) mass is 368 g/mol. The topological polar surface area (TPSA) is 92.3 Å². The molecular weight excluding hydrogens is 344 g/mol. The number of nitrogens with one attached hydrogen (secondary N) is 3. The summed E-state index contributed by atoms with van der Waals surface area (Å²) in [6, 6.07) is 12.4. The summed E-state index contributed by atoms with van der Waals surface area (Å²) in [5.74, 6) is -0.405. The highest BCUT2D eigenvalue weighted by molar-refractivity contribution is 6.00. The fourth-order valence-corrected chi connectivity index (χ4v) is 3.11. The SMILES string of the molecule is COC1(C(=O)Nc2cccc(C(=O)NCc3ccccn3)c2)CCNCC1. The van der Waals surface area contributed by atoms with Crippen molar-refractivity contribution >= 4 is 17.5 Å². The number of rotatable bonds is 6. The molecule has 7 heteroatoms. The van der Waals surface area contributed by atoms with Gasteiger partial charge in [0.25, 0.3) is 11.8 Å². The molecule has 0 unspecified atom stereocenters. The van der Waals surface area contributed by atoms with Crippen LogP contribution in [-0.4, -0.2) is 42.6 Å². The lowest BCUT2D eigenvalue weighted by Crippen LogP contribution is -2.51. The van der Waals surface area contributed by atoms with Crippen LogP contribution >= 0.6 is 0 Å². The summed E-state index contributed by atoms with van der Waals surface area (Å²) in [6.07, 6.45) is 2.91. The van der Waals surface area contributed by atoms with E-state index in [1.807, 2.05) is 18.2 Å². The summed E-state index contributed by atoms with van der Waals surface area (Å²) < 4.78 is 5.54. The lowest BCUT2D eigenvalue weighted by molar-refractivity contribution is -0.140. The average molecular weight is 368 g/mol. The Balaban J connectivity index is 1.64. The van der Waals surface area contributed by atoms with Gasteiger partial charge in [-0.15, -0.1) is 0 Å². The molecule has 0 atom stereocenters. The van der Waals surface area contributed by atoms with Crippen molar-refractivity contribution in [2.45, 2.75) is 25.0 Å². The molecule has 1 saturated heterocycles. The number of ether oxygens (including phenoxy) is 1. The number of methoxy groups -OCH3 is 1. The standard InChI is InChI=1S/C20H24N4O3/c1-27-20(8-11-21-12-9-20)19(26)24-16-7-4-5-15(13-16)18(25)23-14-17-6-2-3-10-22-17/h2-7,10,13,21H,8-9,11-12,14H2,1H3,(H,23,25)(H,24,26). The molecule has 0 bridgehead atoms. The molecular formula is C20H24N4O3. The van der Waals surface area contributed by atoms with Crippen LogP contribution in [0.1, 0.15) is 28.9 Å². The largest absolute Gasteiger partial charge is 0.368 e. The minimum absolute atomic E-state index is 0.183. The molecule has 0 spiro atoms. The Kier molecular flexibility index (Phi) is 6.16. The van der Waals surface area contributed by atoms with Gasteiger partial charge in [0, 0.05) is 24.6 Å². The predicted molar refractivity (Wildman–Crippen MR) is 102 cm³/mol. The maximum atomic E-state index is 12.7. The van der Waals surface area contributed by atoms with Crippen LogP contribution in [0.15, 0.2) is 48.7 Å². The summed E-state index contributed by atoms with van der Waals surface area (Å²) >= 11 is 0. The average Bonchev–Trinajstić information content (AvgIpc) is 2.73. The lowest BCUT2D eigenvalue weighted by Gasteiger charge is -2.34. The first kappa shape index (κ1) is 19.0. The van der Waals surface area contributed by atoms with Crippen LogP contribution in [0.4, 0.5) is 5.69 Å². The number of anilines is 1. The zero-order valence-electron chi connectivity index (χ0n) is 15.3. The highest BCUT2D eigenvalue weighted by Crippen LogP contribution is 2.24. The molecule has 1 aliphatic rings. The minimum Gasteiger partial charge on any atom is -0.368 e. The number of nitrogens with zero attached hydrogens (tertiary/aromatic N) is 1. The van der Waals surface area contributed by atoms with Crippen LogP contribution in [0.25, 0.3) is 0 Å². The second-order valence-corrected chi connectivity index (χ2v) is 6.49. The fourth-order valence-electron chi connectivity index (χ4n) is 3.11. The van der Waals surface area contributed by atoms with E-state index in [-0.39, 0.29) is 11.8 Å². The Hall–Kier alpha value is -2.77. The van der Waals surface area contributed by atoms with Gasteiger partial charge < -0.3 is 20.7 Å². The molecule has 3 rings (SSSR count). The van der Waals surface area contributed by atoms with E-state index in [9.17, 15) is 9.59 Å². The fraction of sp³-hybridized carbons (Fsp3) is 0.350. The van der Waals surface area contributed by atoms with Gasteiger partial charge in [-0.2, -0.15) is 0 Å². The van der Waals surface area contributed by atoms with Crippen molar-refractivity contribution < 1.29 is 14.3 Å². The second kappa shape index (κ2) is 8.75. The Morgan fingerprint density at radius 1 is 1.19 bits per heavy atom. The molecule has 27 heavy (non-hydrogen) atoms. The van der Waals surface area contributed by atoms with Crippen LogP contribution in [0.5, 0.6) is 0 Å². The number of hydrogen-bond donors (Lipinski definition) is 3. The molecule has 2 aromatic rings. The molecule has 0 aliphatic carbocycles. The predicted octanol–water partition coefficient (Wildman–Crippen LogP) is 1.72. The highest BCUT2D eigenvalue weighted by Gasteiger charge is 2.39. The third-order valence-corrected chi connectivity index (χ3v) is 4.75. The number of benzene rings is 1. The zero-order valence-corrected chi connectivity index (χ0v) is 15.3. The number of aromatic nitrogens is 1.